The van der Waals surface area contributed by atoms with Crippen molar-refractivity contribution in [2.24, 2.45) is 5.92 Å². The van der Waals surface area contributed by atoms with E-state index in [-0.39, 0.29) is 5.56 Å². The Morgan fingerprint density at radius 1 is 1.24 bits per heavy atom. The lowest BCUT2D eigenvalue weighted by atomic mass is 10.0. The SMILES string of the molecule is CC(C)Cc1cccn(-c2ccccn2)c1=O. The maximum atomic E-state index is 12.2. The highest BCUT2D eigenvalue weighted by molar-refractivity contribution is 5.25. The fourth-order valence-corrected chi connectivity index (χ4v) is 1.81. The molecule has 0 amide bonds. The van der Waals surface area contributed by atoms with Crippen molar-refractivity contribution >= 4 is 0 Å². The molecule has 2 aromatic heterocycles. The smallest absolute Gasteiger partial charge is 0.259 e. The standard InChI is InChI=1S/C14H16N2O/c1-11(2)10-12-6-5-9-16(14(12)17)13-7-3-4-8-15-13/h3-9,11H,10H2,1-2H3. The third-order valence-corrected chi connectivity index (χ3v) is 2.55. The van der Waals surface area contributed by atoms with E-state index in [0.717, 1.165) is 12.0 Å². The second-order valence-electron chi connectivity index (χ2n) is 4.49. The molecule has 0 aliphatic rings. The van der Waals surface area contributed by atoms with E-state index in [2.05, 4.69) is 18.8 Å². The van der Waals surface area contributed by atoms with Crippen molar-refractivity contribution < 1.29 is 0 Å². The number of hydrogen-bond donors (Lipinski definition) is 0. The van der Waals surface area contributed by atoms with Crippen LogP contribution >= 0.6 is 0 Å². The van der Waals surface area contributed by atoms with E-state index in [9.17, 15) is 4.79 Å². The lowest BCUT2D eigenvalue weighted by molar-refractivity contribution is 0.639. The van der Waals surface area contributed by atoms with Crippen LogP contribution in [-0.2, 0) is 6.42 Å². The summed E-state index contributed by atoms with van der Waals surface area (Å²) >= 11 is 0. The van der Waals surface area contributed by atoms with Crippen LogP contribution in [0.3, 0.4) is 0 Å². The average molecular weight is 228 g/mol. The molecule has 0 aromatic carbocycles. The molecule has 0 aliphatic heterocycles. The zero-order valence-corrected chi connectivity index (χ0v) is 10.1. The Morgan fingerprint density at radius 2 is 2.06 bits per heavy atom. The lowest BCUT2D eigenvalue weighted by Gasteiger charge is -2.08. The van der Waals surface area contributed by atoms with Crippen LogP contribution in [0.5, 0.6) is 0 Å². The molecule has 0 atom stereocenters. The number of aromatic nitrogens is 2. The fourth-order valence-electron chi connectivity index (χ4n) is 1.81. The molecule has 0 aliphatic carbocycles. The summed E-state index contributed by atoms with van der Waals surface area (Å²) in [6.07, 6.45) is 4.25. The van der Waals surface area contributed by atoms with Crippen molar-refractivity contribution in [2.75, 3.05) is 0 Å². The number of rotatable bonds is 3. The predicted molar refractivity (Wildman–Crippen MR) is 68.4 cm³/mol. The van der Waals surface area contributed by atoms with E-state index in [1.165, 1.54) is 0 Å². The molecule has 0 radical (unpaired) electrons. The molecule has 3 heteroatoms. The quantitative estimate of drug-likeness (QED) is 0.808. The van der Waals surface area contributed by atoms with Crippen molar-refractivity contribution in [3.63, 3.8) is 0 Å². The Labute approximate surface area is 101 Å². The highest BCUT2D eigenvalue weighted by atomic mass is 16.1. The number of pyridine rings is 2. The van der Waals surface area contributed by atoms with Crippen LogP contribution in [0.4, 0.5) is 0 Å². The van der Waals surface area contributed by atoms with E-state index < -0.39 is 0 Å². The van der Waals surface area contributed by atoms with Crippen molar-refractivity contribution in [1.29, 1.82) is 0 Å². The van der Waals surface area contributed by atoms with Gasteiger partial charge < -0.3 is 0 Å². The Bertz CT molecular complexity index is 544. The van der Waals surface area contributed by atoms with E-state index in [4.69, 9.17) is 0 Å². The Balaban J connectivity index is 2.47. The van der Waals surface area contributed by atoms with Crippen LogP contribution in [0.1, 0.15) is 19.4 Å². The van der Waals surface area contributed by atoms with E-state index >= 15 is 0 Å². The molecule has 0 N–H and O–H groups in total. The first kappa shape index (κ1) is 11.6. The second kappa shape index (κ2) is 4.95. The van der Waals surface area contributed by atoms with Crippen molar-refractivity contribution in [2.45, 2.75) is 20.3 Å². The molecule has 88 valence electrons. The summed E-state index contributed by atoms with van der Waals surface area (Å²) in [6.45, 7) is 4.22. The minimum atomic E-state index is 0.0277. The summed E-state index contributed by atoms with van der Waals surface area (Å²) in [5.74, 6) is 1.14. The topological polar surface area (TPSA) is 34.9 Å². The van der Waals surface area contributed by atoms with Gasteiger partial charge in [0.05, 0.1) is 0 Å². The van der Waals surface area contributed by atoms with Crippen LogP contribution in [-0.4, -0.2) is 9.55 Å². The summed E-state index contributed by atoms with van der Waals surface area (Å²) in [7, 11) is 0. The van der Waals surface area contributed by atoms with Gasteiger partial charge in [-0.15, -0.1) is 0 Å². The molecular formula is C14H16N2O. The van der Waals surface area contributed by atoms with Crippen LogP contribution in [0.25, 0.3) is 5.82 Å². The average Bonchev–Trinajstić information content (AvgIpc) is 2.32. The van der Waals surface area contributed by atoms with Crippen molar-refractivity contribution in [3.05, 3.63) is 58.6 Å². The molecule has 17 heavy (non-hydrogen) atoms. The second-order valence-corrected chi connectivity index (χ2v) is 4.49. The van der Waals surface area contributed by atoms with Gasteiger partial charge in [-0.25, -0.2) is 4.98 Å². The molecule has 0 saturated heterocycles. The van der Waals surface area contributed by atoms with Gasteiger partial charge >= 0.3 is 0 Å². The normalized spacial score (nSPS) is 10.8. The molecule has 0 saturated carbocycles. The summed E-state index contributed by atoms with van der Waals surface area (Å²) < 4.78 is 1.59. The maximum Gasteiger partial charge on any atom is 0.259 e. The number of hydrogen-bond acceptors (Lipinski definition) is 2. The van der Waals surface area contributed by atoms with Gasteiger partial charge in [-0.1, -0.05) is 26.0 Å². The Morgan fingerprint density at radius 3 is 2.71 bits per heavy atom. The van der Waals surface area contributed by atoms with Gasteiger partial charge in [-0.3, -0.25) is 9.36 Å². The number of nitrogens with zero attached hydrogens (tertiary/aromatic N) is 2. The van der Waals surface area contributed by atoms with Gasteiger partial charge in [-0.2, -0.15) is 0 Å². The van der Waals surface area contributed by atoms with Crippen molar-refractivity contribution in [3.8, 4) is 5.82 Å². The first-order valence-corrected chi connectivity index (χ1v) is 5.80. The largest absolute Gasteiger partial charge is 0.269 e. The Hall–Kier alpha value is -1.90. The lowest BCUT2D eigenvalue weighted by Crippen LogP contribution is -2.23. The van der Waals surface area contributed by atoms with Gasteiger partial charge in [-0.05, 0) is 30.5 Å². The Kier molecular flexibility index (Phi) is 3.38. The third kappa shape index (κ3) is 2.61. The molecule has 2 heterocycles. The van der Waals surface area contributed by atoms with Gasteiger partial charge in [0, 0.05) is 18.0 Å². The molecule has 0 spiro atoms. The highest BCUT2D eigenvalue weighted by Crippen LogP contribution is 2.05. The van der Waals surface area contributed by atoms with E-state index in [1.807, 2.05) is 30.3 Å². The molecule has 2 aromatic rings. The molecule has 2 rings (SSSR count). The molecule has 0 bridgehead atoms. The van der Waals surface area contributed by atoms with Gasteiger partial charge in [0.2, 0.25) is 0 Å². The minimum absolute atomic E-state index is 0.0277. The zero-order chi connectivity index (χ0) is 12.3. The zero-order valence-electron chi connectivity index (χ0n) is 10.1. The fraction of sp³-hybridized carbons (Fsp3) is 0.286. The van der Waals surface area contributed by atoms with Crippen molar-refractivity contribution in [1.82, 2.24) is 9.55 Å². The first-order chi connectivity index (χ1) is 8.18. The third-order valence-electron chi connectivity index (χ3n) is 2.55. The van der Waals surface area contributed by atoms with Crippen LogP contribution in [0, 0.1) is 5.92 Å². The van der Waals surface area contributed by atoms with Gasteiger partial charge in [0.15, 0.2) is 0 Å². The predicted octanol–water partition coefficient (Wildman–Crippen LogP) is 2.43. The monoisotopic (exact) mass is 228 g/mol. The summed E-state index contributed by atoms with van der Waals surface area (Å²) in [5, 5.41) is 0. The van der Waals surface area contributed by atoms with E-state index in [1.54, 1.807) is 17.0 Å². The molecule has 0 fully saturated rings. The molecule has 3 nitrogen and oxygen atoms in total. The maximum absolute atomic E-state index is 12.2. The van der Waals surface area contributed by atoms with E-state index in [0.29, 0.717) is 11.7 Å². The summed E-state index contributed by atoms with van der Waals surface area (Å²) in [6, 6.07) is 9.34. The molecular weight excluding hydrogens is 212 g/mol. The minimum Gasteiger partial charge on any atom is -0.269 e. The summed E-state index contributed by atoms with van der Waals surface area (Å²) in [4.78, 5) is 16.4. The first-order valence-electron chi connectivity index (χ1n) is 5.80. The summed E-state index contributed by atoms with van der Waals surface area (Å²) in [5.41, 5.74) is 0.869. The van der Waals surface area contributed by atoms with Gasteiger partial charge in [0.1, 0.15) is 5.82 Å². The van der Waals surface area contributed by atoms with Gasteiger partial charge in [0.25, 0.3) is 5.56 Å². The van der Waals surface area contributed by atoms with Crippen LogP contribution in [0.15, 0.2) is 47.5 Å². The molecule has 0 unspecified atom stereocenters. The van der Waals surface area contributed by atoms with Crippen LogP contribution < -0.4 is 5.56 Å². The van der Waals surface area contributed by atoms with Crippen LogP contribution in [0.2, 0.25) is 0 Å². The highest BCUT2D eigenvalue weighted by Gasteiger charge is 2.06.